The number of likely N-dealkylation sites (tertiary alicyclic amines) is 1. The first-order valence-corrected chi connectivity index (χ1v) is 13.7. The molecule has 1 fully saturated rings. The highest BCUT2D eigenvalue weighted by Gasteiger charge is 2.71. The SMILES string of the molecule is CC1CC(F)(F)CN1Cc1nc(-c2nnc(CC(C)(C)C(=O)O)o2)sc1-c1ccc(C(O)(C(F)(F)F)C(F)(F)F)cc1C(F)F. The largest absolute Gasteiger partial charge is 0.481 e. The summed E-state index contributed by atoms with van der Waals surface area (Å²) in [5.74, 6) is -4.78. The van der Waals surface area contributed by atoms with E-state index in [1.54, 1.807) is 0 Å². The molecule has 8 nitrogen and oxygen atoms in total. The topological polar surface area (TPSA) is 113 Å². The molecule has 0 saturated carbocycles. The van der Waals surface area contributed by atoms with Crippen LogP contribution in [-0.2, 0) is 23.4 Å². The molecular formula is C26H24F10N4O4S. The third-order valence-corrected chi connectivity index (χ3v) is 8.41. The average Bonchev–Trinajstić information content (AvgIpc) is 3.58. The number of aliphatic carboxylic acids is 1. The van der Waals surface area contributed by atoms with Crippen molar-refractivity contribution in [2.24, 2.45) is 5.41 Å². The molecule has 2 aromatic heterocycles. The maximum atomic E-state index is 14.3. The minimum Gasteiger partial charge on any atom is -0.481 e. The van der Waals surface area contributed by atoms with E-state index < -0.39 is 83.9 Å². The predicted molar refractivity (Wildman–Crippen MR) is 136 cm³/mol. The normalized spacial score (nSPS) is 18.2. The second-order valence-electron chi connectivity index (χ2n) is 11.3. The molecule has 2 N–H and O–H groups in total. The first-order chi connectivity index (χ1) is 20.5. The Balaban J connectivity index is 1.86. The van der Waals surface area contributed by atoms with Gasteiger partial charge < -0.3 is 14.6 Å². The minimum absolute atomic E-state index is 0.116. The fourth-order valence-electron chi connectivity index (χ4n) is 4.77. The smallest absolute Gasteiger partial charge is 0.430 e. The minimum atomic E-state index is -6.34. The molecule has 4 rings (SSSR count). The van der Waals surface area contributed by atoms with Crippen LogP contribution < -0.4 is 0 Å². The lowest BCUT2D eigenvalue weighted by atomic mass is 9.89. The van der Waals surface area contributed by atoms with Crippen LogP contribution in [0.25, 0.3) is 21.3 Å². The van der Waals surface area contributed by atoms with Gasteiger partial charge in [0, 0.05) is 42.1 Å². The lowest BCUT2D eigenvalue weighted by Gasteiger charge is -2.33. The number of thiazole rings is 1. The number of aromatic nitrogens is 3. The van der Waals surface area contributed by atoms with Crippen LogP contribution >= 0.6 is 11.3 Å². The molecule has 0 spiro atoms. The summed E-state index contributed by atoms with van der Waals surface area (Å²) in [6, 6.07) is -0.125. The quantitative estimate of drug-likeness (QED) is 0.233. The number of carbonyl (C=O) groups is 1. The van der Waals surface area contributed by atoms with E-state index in [-0.39, 0.29) is 45.9 Å². The van der Waals surface area contributed by atoms with E-state index >= 15 is 0 Å². The third kappa shape index (κ3) is 6.65. The highest BCUT2D eigenvalue weighted by Crippen LogP contribution is 2.51. The fraction of sp³-hybridized carbons (Fsp3) is 0.538. The molecule has 3 heterocycles. The molecule has 1 atom stereocenters. The monoisotopic (exact) mass is 678 g/mol. The van der Waals surface area contributed by atoms with Gasteiger partial charge in [0.25, 0.3) is 23.8 Å². The highest BCUT2D eigenvalue weighted by atomic mass is 32.1. The molecule has 3 aromatic rings. The Morgan fingerprint density at radius 2 is 1.76 bits per heavy atom. The van der Waals surface area contributed by atoms with Crippen molar-refractivity contribution in [3.8, 4) is 21.3 Å². The summed E-state index contributed by atoms with van der Waals surface area (Å²) < 4.78 is 143. The predicted octanol–water partition coefficient (Wildman–Crippen LogP) is 6.99. The summed E-state index contributed by atoms with van der Waals surface area (Å²) in [6.07, 6.45) is -17.1. The van der Waals surface area contributed by atoms with Gasteiger partial charge in [-0.25, -0.2) is 22.5 Å². The Kier molecular flexibility index (Phi) is 8.82. The maximum absolute atomic E-state index is 14.3. The number of benzene rings is 1. The van der Waals surface area contributed by atoms with Crippen molar-refractivity contribution >= 4 is 17.3 Å². The van der Waals surface area contributed by atoms with Crippen molar-refractivity contribution in [2.75, 3.05) is 6.54 Å². The van der Waals surface area contributed by atoms with E-state index in [1.807, 2.05) is 0 Å². The van der Waals surface area contributed by atoms with Crippen molar-refractivity contribution in [3.05, 3.63) is 40.9 Å². The van der Waals surface area contributed by atoms with E-state index in [4.69, 9.17) is 4.42 Å². The summed E-state index contributed by atoms with van der Waals surface area (Å²) >= 11 is 0.566. The van der Waals surface area contributed by atoms with Crippen LogP contribution in [0.4, 0.5) is 43.9 Å². The first-order valence-electron chi connectivity index (χ1n) is 12.9. The number of nitrogens with zero attached hydrogens (tertiary/aromatic N) is 4. The van der Waals surface area contributed by atoms with Gasteiger partial charge in [0.15, 0.2) is 5.01 Å². The summed E-state index contributed by atoms with van der Waals surface area (Å²) in [5.41, 5.74) is -10.8. The van der Waals surface area contributed by atoms with Crippen molar-refractivity contribution < 1.29 is 63.3 Å². The lowest BCUT2D eigenvalue weighted by molar-refractivity contribution is -0.376. The molecule has 0 aliphatic carbocycles. The molecular weight excluding hydrogens is 654 g/mol. The number of carboxylic acid groups (broad SMARTS) is 1. The zero-order valence-corrected chi connectivity index (χ0v) is 24.2. The molecule has 1 saturated heterocycles. The van der Waals surface area contributed by atoms with Gasteiger partial charge in [-0.2, -0.15) is 26.3 Å². The molecule has 19 heteroatoms. The van der Waals surface area contributed by atoms with Gasteiger partial charge in [0.1, 0.15) is 0 Å². The summed E-state index contributed by atoms with van der Waals surface area (Å²) in [4.78, 5) is 16.8. The van der Waals surface area contributed by atoms with Gasteiger partial charge in [-0.1, -0.05) is 12.1 Å². The van der Waals surface area contributed by atoms with E-state index in [1.165, 1.54) is 25.7 Å². The second-order valence-corrected chi connectivity index (χ2v) is 12.3. The van der Waals surface area contributed by atoms with E-state index in [0.29, 0.717) is 17.4 Å². The molecule has 1 aliphatic heterocycles. The van der Waals surface area contributed by atoms with Crippen molar-refractivity contribution in [1.29, 1.82) is 0 Å². The summed E-state index contributed by atoms with van der Waals surface area (Å²) in [7, 11) is 0. The van der Waals surface area contributed by atoms with E-state index in [9.17, 15) is 58.9 Å². The number of aliphatic hydroxyl groups is 1. The standard InChI is InChI=1S/C26H24F10N4O4S/c1-11-7-23(29,30)10-40(11)9-15-17(45-20(37-15)19-39-38-16(44-19)8-22(2,3)21(41)42)13-5-4-12(6-14(13)18(27)28)24(43,25(31,32)33)26(34,35)36/h4-6,11,18,43H,7-10H2,1-3H3,(H,41,42). The van der Waals surface area contributed by atoms with Crippen LogP contribution in [0.2, 0.25) is 0 Å². The molecule has 1 aliphatic rings. The van der Waals surface area contributed by atoms with Crippen LogP contribution in [0.15, 0.2) is 22.6 Å². The van der Waals surface area contributed by atoms with Gasteiger partial charge in [-0.05, 0) is 26.8 Å². The Labute approximate surface area is 251 Å². The number of carboxylic acids is 1. The van der Waals surface area contributed by atoms with E-state index in [2.05, 4.69) is 15.2 Å². The van der Waals surface area contributed by atoms with Crippen molar-refractivity contribution in [1.82, 2.24) is 20.1 Å². The average molecular weight is 679 g/mol. The fourth-order valence-corrected chi connectivity index (χ4v) is 5.81. The molecule has 248 valence electrons. The molecule has 0 bridgehead atoms. The molecule has 0 amide bonds. The number of halogens is 10. The molecule has 1 unspecified atom stereocenters. The number of alkyl halides is 10. The first kappa shape index (κ1) is 34.6. The second kappa shape index (κ2) is 11.5. The summed E-state index contributed by atoms with van der Waals surface area (Å²) in [5, 5.41) is 26.5. The zero-order chi connectivity index (χ0) is 33.9. The van der Waals surface area contributed by atoms with Crippen LogP contribution in [0, 0.1) is 5.41 Å². The Hall–Kier alpha value is -3.32. The van der Waals surface area contributed by atoms with Gasteiger partial charge in [0.05, 0.1) is 22.5 Å². The zero-order valence-electron chi connectivity index (χ0n) is 23.4. The van der Waals surface area contributed by atoms with E-state index in [0.717, 1.165) is 0 Å². The van der Waals surface area contributed by atoms with Gasteiger partial charge in [-0.15, -0.1) is 21.5 Å². The number of hydrogen-bond acceptors (Lipinski definition) is 8. The van der Waals surface area contributed by atoms with Crippen molar-refractivity contribution in [3.63, 3.8) is 0 Å². The lowest BCUT2D eigenvalue weighted by Crippen LogP contribution is -2.54. The molecule has 45 heavy (non-hydrogen) atoms. The van der Waals surface area contributed by atoms with Gasteiger partial charge in [-0.3, -0.25) is 9.69 Å². The van der Waals surface area contributed by atoms with Gasteiger partial charge >= 0.3 is 18.3 Å². The van der Waals surface area contributed by atoms with Crippen LogP contribution in [-0.4, -0.2) is 67.1 Å². The Morgan fingerprint density at radius 1 is 1.13 bits per heavy atom. The highest BCUT2D eigenvalue weighted by molar-refractivity contribution is 7.18. The van der Waals surface area contributed by atoms with Crippen LogP contribution in [0.1, 0.15) is 56.3 Å². The Bertz CT molecular complexity index is 1550. The third-order valence-electron chi connectivity index (χ3n) is 7.29. The number of rotatable bonds is 9. The Morgan fingerprint density at radius 3 is 2.27 bits per heavy atom. The van der Waals surface area contributed by atoms with Crippen LogP contribution in [0.3, 0.4) is 0 Å². The maximum Gasteiger partial charge on any atom is 0.430 e. The van der Waals surface area contributed by atoms with Crippen LogP contribution in [0.5, 0.6) is 0 Å². The summed E-state index contributed by atoms with van der Waals surface area (Å²) in [6.45, 7) is 3.08. The molecule has 0 radical (unpaired) electrons. The number of hydrogen-bond donors (Lipinski definition) is 2. The van der Waals surface area contributed by atoms with Gasteiger partial charge in [0.2, 0.25) is 5.89 Å². The van der Waals surface area contributed by atoms with Crippen molar-refractivity contribution in [2.45, 2.75) is 76.5 Å². The molecule has 1 aromatic carbocycles.